The number of fused-ring (bicyclic) bond motifs is 1. The number of halogens is 1. The number of rotatable bonds is 3. The molecule has 0 spiro atoms. The first-order valence-corrected chi connectivity index (χ1v) is 7.71. The van der Waals surface area contributed by atoms with E-state index in [9.17, 15) is 5.11 Å². The number of aryl methyl sites for hydroxylation is 1. The van der Waals surface area contributed by atoms with Gasteiger partial charge in [-0.25, -0.2) is 0 Å². The molecule has 21 heavy (non-hydrogen) atoms. The van der Waals surface area contributed by atoms with Gasteiger partial charge in [0.05, 0.1) is 11.6 Å². The summed E-state index contributed by atoms with van der Waals surface area (Å²) < 4.78 is 1.03. The molecule has 1 N–H and O–H groups in total. The monoisotopic (exact) mass is 341 g/mol. The summed E-state index contributed by atoms with van der Waals surface area (Å²) in [4.78, 5) is 4.36. The molecule has 0 aliphatic carbocycles. The molecular weight excluding hydrogens is 326 g/mol. The van der Waals surface area contributed by atoms with Crippen LogP contribution >= 0.6 is 15.9 Å². The molecule has 1 unspecified atom stereocenters. The first kappa shape index (κ1) is 14.2. The second-order valence-electron chi connectivity index (χ2n) is 5.21. The Morgan fingerprint density at radius 1 is 1.14 bits per heavy atom. The van der Waals surface area contributed by atoms with Crippen LogP contribution in [-0.4, -0.2) is 10.1 Å². The van der Waals surface area contributed by atoms with Crippen LogP contribution in [0.4, 0.5) is 0 Å². The smallest absolute Gasteiger partial charge is 0.0833 e. The maximum absolute atomic E-state index is 10.6. The highest BCUT2D eigenvalue weighted by Crippen LogP contribution is 2.26. The lowest BCUT2D eigenvalue weighted by molar-refractivity contribution is 0.178. The van der Waals surface area contributed by atoms with Crippen LogP contribution in [0.25, 0.3) is 10.9 Å². The van der Waals surface area contributed by atoms with Crippen LogP contribution in [0, 0.1) is 6.92 Å². The average molecular weight is 342 g/mol. The molecule has 0 fully saturated rings. The summed E-state index contributed by atoms with van der Waals surface area (Å²) in [6.45, 7) is 2.02. The number of hydrogen-bond acceptors (Lipinski definition) is 2. The Morgan fingerprint density at radius 2 is 1.95 bits per heavy atom. The van der Waals surface area contributed by atoms with Gasteiger partial charge in [0.25, 0.3) is 0 Å². The Hall–Kier alpha value is -1.71. The highest BCUT2D eigenvalue weighted by atomic mass is 79.9. The van der Waals surface area contributed by atoms with E-state index in [-0.39, 0.29) is 0 Å². The van der Waals surface area contributed by atoms with Crippen LogP contribution in [0.15, 0.2) is 59.2 Å². The lowest BCUT2D eigenvalue weighted by Gasteiger charge is -2.15. The fourth-order valence-electron chi connectivity index (χ4n) is 2.66. The van der Waals surface area contributed by atoms with E-state index in [1.54, 1.807) is 6.20 Å². The lowest BCUT2D eigenvalue weighted by Crippen LogP contribution is -2.04. The Labute approximate surface area is 132 Å². The number of aliphatic hydroxyl groups excluding tert-OH is 1. The van der Waals surface area contributed by atoms with Gasteiger partial charge in [-0.05, 0) is 47.9 Å². The Balaban J connectivity index is 1.94. The zero-order chi connectivity index (χ0) is 14.8. The van der Waals surface area contributed by atoms with Gasteiger partial charge in [0.2, 0.25) is 0 Å². The first-order valence-electron chi connectivity index (χ1n) is 6.92. The van der Waals surface area contributed by atoms with E-state index in [2.05, 4.69) is 27.0 Å². The van der Waals surface area contributed by atoms with E-state index in [0.717, 1.165) is 32.1 Å². The zero-order valence-corrected chi connectivity index (χ0v) is 13.3. The van der Waals surface area contributed by atoms with Gasteiger partial charge >= 0.3 is 0 Å². The number of aromatic nitrogens is 1. The van der Waals surface area contributed by atoms with Gasteiger partial charge in [0.15, 0.2) is 0 Å². The third-order valence-corrected chi connectivity index (χ3v) is 4.24. The van der Waals surface area contributed by atoms with Crippen LogP contribution in [0.5, 0.6) is 0 Å². The Morgan fingerprint density at radius 3 is 2.76 bits per heavy atom. The summed E-state index contributed by atoms with van der Waals surface area (Å²) >= 11 is 3.45. The molecule has 3 aromatic rings. The predicted octanol–water partition coefficient (Wildman–Crippen LogP) is 4.58. The second kappa shape index (κ2) is 5.96. The van der Waals surface area contributed by atoms with E-state index in [4.69, 9.17) is 0 Å². The van der Waals surface area contributed by atoms with Crippen molar-refractivity contribution in [3.05, 3.63) is 75.9 Å². The van der Waals surface area contributed by atoms with E-state index in [0.29, 0.717) is 6.42 Å². The van der Waals surface area contributed by atoms with Crippen LogP contribution in [-0.2, 0) is 6.42 Å². The van der Waals surface area contributed by atoms with Gasteiger partial charge in [0, 0.05) is 22.5 Å². The largest absolute Gasteiger partial charge is 0.388 e. The molecule has 0 amide bonds. The third-order valence-electron chi connectivity index (χ3n) is 3.74. The summed E-state index contributed by atoms with van der Waals surface area (Å²) in [6.07, 6.45) is 1.88. The van der Waals surface area contributed by atoms with Crippen LogP contribution in [0.1, 0.15) is 22.8 Å². The molecule has 0 bridgehead atoms. The highest BCUT2D eigenvalue weighted by molar-refractivity contribution is 9.10. The summed E-state index contributed by atoms with van der Waals surface area (Å²) in [5, 5.41) is 11.7. The summed E-state index contributed by atoms with van der Waals surface area (Å²) in [5.41, 5.74) is 4.15. The van der Waals surface area contributed by atoms with E-state index < -0.39 is 6.10 Å². The van der Waals surface area contributed by atoms with Crippen molar-refractivity contribution >= 4 is 26.8 Å². The van der Waals surface area contributed by atoms with Crippen molar-refractivity contribution in [2.24, 2.45) is 0 Å². The van der Waals surface area contributed by atoms with E-state index in [1.165, 1.54) is 0 Å². The minimum absolute atomic E-state index is 0.510. The van der Waals surface area contributed by atoms with Crippen molar-refractivity contribution in [1.82, 2.24) is 4.98 Å². The predicted molar refractivity (Wildman–Crippen MR) is 89.3 cm³/mol. The molecule has 2 nitrogen and oxygen atoms in total. The number of pyridine rings is 1. The van der Waals surface area contributed by atoms with Crippen LogP contribution in [0.3, 0.4) is 0 Å². The first-order chi connectivity index (χ1) is 10.1. The number of hydrogen-bond donors (Lipinski definition) is 1. The second-order valence-corrected chi connectivity index (χ2v) is 6.12. The van der Waals surface area contributed by atoms with Gasteiger partial charge in [-0.2, -0.15) is 0 Å². The number of nitrogens with zero attached hydrogens (tertiary/aromatic N) is 1. The highest BCUT2D eigenvalue weighted by Gasteiger charge is 2.13. The minimum atomic E-state index is -0.510. The topological polar surface area (TPSA) is 33.1 Å². The molecule has 1 aromatic heterocycles. The van der Waals surface area contributed by atoms with Gasteiger partial charge in [-0.3, -0.25) is 4.98 Å². The van der Waals surface area contributed by atoms with Crippen molar-refractivity contribution < 1.29 is 5.11 Å². The van der Waals surface area contributed by atoms with Crippen molar-refractivity contribution in [3.63, 3.8) is 0 Å². The normalized spacial score (nSPS) is 12.5. The van der Waals surface area contributed by atoms with Gasteiger partial charge in [-0.15, -0.1) is 0 Å². The van der Waals surface area contributed by atoms with Crippen LogP contribution < -0.4 is 0 Å². The summed E-state index contributed by atoms with van der Waals surface area (Å²) in [5.74, 6) is 0. The standard InChI is InChI=1S/C18H16BrNO/c1-12-10-14(19)6-7-15(12)18(21)11-13-8-9-20-17-5-3-2-4-16(13)17/h2-10,18,21H,11H2,1H3. The van der Waals surface area contributed by atoms with Crippen molar-refractivity contribution in [1.29, 1.82) is 0 Å². The van der Waals surface area contributed by atoms with Crippen molar-refractivity contribution in [2.75, 3.05) is 0 Å². The molecule has 106 valence electrons. The zero-order valence-electron chi connectivity index (χ0n) is 11.8. The maximum Gasteiger partial charge on any atom is 0.0833 e. The quantitative estimate of drug-likeness (QED) is 0.756. The third kappa shape index (κ3) is 2.99. The fourth-order valence-corrected chi connectivity index (χ4v) is 3.14. The number of benzene rings is 2. The van der Waals surface area contributed by atoms with Gasteiger partial charge < -0.3 is 5.11 Å². The molecule has 0 aliphatic rings. The molecular formula is C18H16BrNO. The van der Waals surface area contributed by atoms with Gasteiger partial charge in [0.1, 0.15) is 0 Å². The Bertz CT molecular complexity index is 780. The molecule has 3 heteroatoms. The summed E-state index contributed by atoms with van der Waals surface area (Å²) in [7, 11) is 0. The maximum atomic E-state index is 10.6. The molecule has 3 rings (SSSR count). The molecule has 2 aromatic carbocycles. The SMILES string of the molecule is Cc1cc(Br)ccc1C(O)Cc1ccnc2ccccc12. The molecule has 0 radical (unpaired) electrons. The molecule has 0 saturated carbocycles. The minimum Gasteiger partial charge on any atom is -0.388 e. The van der Waals surface area contributed by atoms with Gasteiger partial charge in [-0.1, -0.05) is 40.2 Å². The molecule has 1 heterocycles. The average Bonchev–Trinajstić information content (AvgIpc) is 2.47. The molecule has 1 atom stereocenters. The number of para-hydroxylation sites is 1. The van der Waals surface area contributed by atoms with E-state index in [1.807, 2.05) is 49.4 Å². The Kier molecular flexibility index (Phi) is 4.04. The van der Waals surface area contributed by atoms with Crippen LogP contribution in [0.2, 0.25) is 0 Å². The van der Waals surface area contributed by atoms with E-state index >= 15 is 0 Å². The van der Waals surface area contributed by atoms with Crippen molar-refractivity contribution in [3.8, 4) is 0 Å². The van der Waals surface area contributed by atoms with Crippen molar-refractivity contribution in [2.45, 2.75) is 19.4 Å². The fraction of sp³-hybridized carbons (Fsp3) is 0.167. The molecule has 0 aliphatic heterocycles. The number of aliphatic hydroxyl groups is 1. The molecule has 0 saturated heterocycles. The summed E-state index contributed by atoms with van der Waals surface area (Å²) in [6, 6.07) is 16.0. The lowest BCUT2D eigenvalue weighted by atomic mass is 9.96.